The van der Waals surface area contributed by atoms with Crippen LogP contribution in [0.2, 0.25) is 0 Å². The maximum Gasteiger partial charge on any atom is 0.349 e. The van der Waals surface area contributed by atoms with Crippen molar-refractivity contribution in [3.05, 3.63) is 15.8 Å². The van der Waals surface area contributed by atoms with Gasteiger partial charge in [-0.25, -0.2) is 4.79 Å². The number of hydrogen-bond donors (Lipinski definition) is 1. The monoisotopic (exact) mass is 295 g/mol. The van der Waals surface area contributed by atoms with E-state index in [1.807, 2.05) is 26.8 Å². The Morgan fingerprint density at radius 1 is 1.50 bits per heavy atom. The van der Waals surface area contributed by atoms with Crippen LogP contribution in [-0.2, 0) is 6.42 Å². The number of hydrogen-bond acceptors (Lipinski definition) is 4. The number of ether oxygens (including phenoxy) is 1. The summed E-state index contributed by atoms with van der Waals surface area (Å²) in [5.74, 6) is -0.464. The molecule has 1 aromatic rings. The first-order chi connectivity index (χ1) is 9.39. The van der Waals surface area contributed by atoms with E-state index >= 15 is 0 Å². The van der Waals surface area contributed by atoms with Crippen LogP contribution in [-0.4, -0.2) is 17.7 Å². The molecule has 0 aliphatic rings. The molecule has 0 saturated heterocycles. The fraction of sp³-hybridized carbons (Fsp3) is 0.600. The van der Waals surface area contributed by atoms with Gasteiger partial charge < -0.3 is 9.84 Å². The molecule has 0 aromatic carbocycles. The first-order valence-electron chi connectivity index (χ1n) is 6.79. The Hall–Kier alpha value is -1.54. The van der Waals surface area contributed by atoms with Gasteiger partial charge in [0.25, 0.3) is 0 Å². The highest BCUT2D eigenvalue weighted by Crippen LogP contribution is 2.30. The van der Waals surface area contributed by atoms with E-state index in [0.29, 0.717) is 12.4 Å². The summed E-state index contributed by atoms with van der Waals surface area (Å²) in [5, 5.41) is 18.0. The zero-order valence-electron chi connectivity index (χ0n) is 12.2. The summed E-state index contributed by atoms with van der Waals surface area (Å²) < 4.78 is 5.58. The molecular formula is C15H21NO3S. The van der Waals surface area contributed by atoms with Gasteiger partial charge >= 0.3 is 5.97 Å². The first kappa shape index (κ1) is 16.5. The molecule has 1 heterocycles. The topological polar surface area (TPSA) is 70.3 Å². The Bertz CT molecular complexity index is 500. The van der Waals surface area contributed by atoms with Crippen LogP contribution in [0.5, 0.6) is 5.75 Å². The third-order valence-corrected chi connectivity index (χ3v) is 4.30. The van der Waals surface area contributed by atoms with Crippen molar-refractivity contribution in [2.75, 3.05) is 6.61 Å². The van der Waals surface area contributed by atoms with Crippen molar-refractivity contribution in [2.24, 2.45) is 5.41 Å². The number of carbonyl (C=O) groups is 1. The Morgan fingerprint density at radius 3 is 2.75 bits per heavy atom. The van der Waals surface area contributed by atoms with Gasteiger partial charge in [-0.15, -0.1) is 11.3 Å². The van der Waals surface area contributed by atoms with E-state index < -0.39 is 5.97 Å². The number of carboxylic acid groups (broad SMARTS) is 1. The average molecular weight is 295 g/mol. The molecule has 110 valence electrons. The van der Waals surface area contributed by atoms with Crippen molar-refractivity contribution in [1.29, 1.82) is 5.26 Å². The quantitative estimate of drug-likeness (QED) is 0.733. The molecule has 1 aromatic heterocycles. The van der Waals surface area contributed by atoms with Crippen molar-refractivity contribution in [2.45, 2.75) is 46.5 Å². The number of nitrogens with zero attached hydrogens (tertiary/aromatic N) is 1. The molecule has 0 saturated carbocycles. The number of aryl methyl sites for hydroxylation is 1. The van der Waals surface area contributed by atoms with E-state index in [1.54, 1.807) is 0 Å². The second-order valence-electron chi connectivity index (χ2n) is 5.37. The van der Waals surface area contributed by atoms with Crippen LogP contribution < -0.4 is 4.74 Å². The summed E-state index contributed by atoms with van der Waals surface area (Å²) in [4.78, 5) is 12.4. The predicted molar refractivity (Wildman–Crippen MR) is 79.4 cm³/mol. The number of thiophene rings is 1. The third kappa shape index (κ3) is 4.86. The van der Waals surface area contributed by atoms with Crippen LogP contribution in [0, 0.1) is 16.7 Å². The van der Waals surface area contributed by atoms with E-state index in [1.165, 1.54) is 11.3 Å². The molecule has 1 rings (SSSR count). The van der Waals surface area contributed by atoms with Gasteiger partial charge in [0.05, 0.1) is 18.1 Å². The maximum atomic E-state index is 11.1. The predicted octanol–water partition coefficient (Wildman–Crippen LogP) is 4.11. The van der Waals surface area contributed by atoms with Gasteiger partial charge in [0.2, 0.25) is 0 Å². The molecule has 0 amide bonds. The minimum atomic E-state index is -0.935. The van der Waals surface area contributed by atoms with E-state index in [9.17, 15) is 4.79 Å². The molecular weight excluding hydrogens is 274 g/mol. The summed E-state index contributed by atoms with van der Waals surface area (Å²) >= 11 is 1.27. The molecule has 4 nitrogen and oxygen atoms in total. The molecule has 20 heavy (non-hydrogen) atoms. The van der Waals surface area contributed by atoms with Crippen LogP contribution in [0.25, 0.3) is 0 Å². The largest absolute Gasteiger partial charge is 0.492 e. The van der Waals surface area contributed by atoms with E-state index in [0.717, 1.165) is 30.6 Å². The van der Waals surface area contributed by atoms with E-state index in [2.05, 4.69) is 6.07 Å². The summed E-state index contributed by atoms with van der Waals surface area (Å²) in [6.45, 7) is 6.32. The van der Waals surface area contributed by atoms with Gasteiger partial charge in [0.15, 0.2) is 4.88 Å². The smallest absolute Gasteiger partial charge is 0.349 e. The van der Waals surface area contributed by atoms with Crippen molar-refractivity contribution >= 4 is 17.3 Å². The second kappa shape index (κ2) is 7.30. The van der Waals surface area contributed by atoms with Crippen molar-refractivity contribution in [3.8, 4) is 11.8 Å². The highest BCUT2D eigenvalue weighted by atomic mass is 32.1. The summed E-state index contributed by atoms with van der Waals surface area (Å²) in [5.41, 5.74) is -0.302. The lowest BCUT2D eigenvalue weighted by molar-refractivity contribution is 0.0698. The third-order valence-electron chi connectivity index (χ3n) is 3.05. The molecule has 0 unspecified atom stereocenters. The fourth-order valence-corrected chi connectivity index (χ4v) is 2.64. The lowest BCUT2D eigenvalue weighted by Crippen LogP contribution is -2.08. The summed E-state index contributed by atoms with van der Waals surface area (Å²) in [6, 6.07) is 4.08. The first-order valence-corrected chi connectivity index (χ1v) is 7.61. The van der Waals surface area contributed by atoms with Crippen molar-refractivity contribution in [1.82, 2.24) is 0 Å². The molecule has 0 aliphatic carbocycles. The average Bonchev–Trinajstić information content (AvgIpc) is 2.82. The molecule has 0 radical (unpaired) electrons. The number of carboxylic acids is 1. The summed E-state index contributed by atoms with van der Waals surface area (Å²) in [7, 11) is 0. The van der Waals surface area contributed by atoms with Gasteiger partial charge in [-0.3, -0.25) is 0 Å². The maximum absolute atomic E-state index is 11.1. The number of nitriles is 1. The van der Waals surface area contributed by atoms with Gasteiger partial charge in [0, 0.05) is 4.88 Å². The number of unbranched alkanes of at least 4 members (excludes halogenated alkanes) is 1. The molecule has 0 bridgehead atoms. The highest BCUT2D eigenvalue weighted by molar-refractivity contribution is 7.14. The highest BCUT2D eigenvalue weighted by Gasteiger charge is 2.17. The van der Waals surface area contributed by atoms with Gasteiger partial charge in [-0.05, 0) is 45.6 Å². The summed E-state index contributed by atoms with van der Waals surface area (Å²) in [6.07, 6.45) is 3.35. The number of aromatic carboxylic acids is 1. The molecule has 5 heteroatoms. The minimum absolute atomic E-state index is 0.277. The molecule has 0 atom stereocenters. The standard InChI is InChI=1S/C15H21NO3S/c1-4-11-9-12(13(20-11)14(17)18)19-8-6-5-7-15(2,3)10-16/h9H,4-8H2,1-3H3,(H,17,18). The van der Waals surface area contributed by atoms with Crippen LogP contribution in [0.4, 0.5) is 0 Å². The molecule has 0 fully saturated rings. The molecule has 0 spiro atoms. The van der Waals surface area contributed by atoms with Crippen molar-refractivity contribution < 1.29 is 14.6 Å². The second-order valence-corrected chi connectivity index (χ2v) is 6.50. The van der Waals surface area contributed by atoms with Crippen LogP contribution in [0.3, 0.4) is 0 Å². The van der Waals surface area contributed by atoms with E-state index in [4.69, 9.17) is 15.1 Å². The Labute approximate surface area is 124 Å². The Balaban J connectivity index is 2.44. The van der Waals surface area contributed by atoms with Gasteiger partial charge in [-0.1, -0.05) is 6.92 Å². The van der Waals surface area contributed by atoms with Crippen LogP contribution >= 0.6 is 11.3 Å². The van der Waals surface area contributed by atoms with Gasteiger partial charge in [-0.2, -0.15) is 5.26 Å². The Kier molecular flexibility index (Phi) is 6.03. The van der Waals surface area contributed by atoms with Crippen molar-refractivity contribution in [3.63, 3.8) is 0 Å². The van der Waals surface area contributed by atoms with E-state index in [-0.39, 0.29) is 10.3 Å². The molecule has 0 aliphatic heterocycles. The molecule has 1 N–H and O–H groups in total. The fourth-order valence-electron chi connectivity index (χ4n) is 1.76. The Morgan fingerprint density at radius 2 is 2.20 bits per heavy atom. The lowest BCUT2D eigenvalue weighted by atomic mass is 9.89. The van der Waals surface area contributed by atoms with Crippen LogP contribution in [0.1, 0.15) is 54.6 Å². The SMILES string of the molecule is CCc1cc(OCCCCC(C)(C)C#N)c(C(=O)O)s1. The lowest BCUT2D eigenvalue weighted by Gasteiger charge is -2.14. The van der Waals surface area contributed by atoms with Crippen LogP contribution in [0.15, 0.2) is 6.07 Å². The number of rotatable bonds is 8. The zero-order valence-corrected chi connectivity index (χ0v) is 13.0. The minimum Gasteiger partial charge on any atom is -0.492 e. The zero-order chi connectivity index (χ0) is 15.2. The normalized spacial score (nSPS) is 11.1. The van der Waals surface area contributed by atoms with Gasteiger partial charge in [0.1, 0.15) is 5.75 Å².